The van der Waals surface area contributed by atoms with Gasteiger partial charge in [-0.05, 0) is 29.3 Å². The van der Waals surface area contributed by atoms with Gasteiger partial charge in [-0.1, -0.05) is 12.1 Å². The molecule has 3 aromatic rings. The van der Waals surface area contributed by atoms with Gasteiger partial charge < -0.3 is 29.8 Å². The first kappa shape index (κ1) is 20.0. The van der Waals surface area contributed by atoms with E-state index in [0.29, 0.717) is 23.5 Å². The Hall–Kier alpha value is -3.63. The van der Waals surface area contributed by atoms with E-state index in [4.69, 9.17) is 9.15 Å². The molecule has 170 valence electrons. The molecule has 2 aromatic carbocycles. The lowest BCUT2D eigenvalue weighted by molar-refractivity contribution is 0.0718. The molecule has 33 heavy (non-hydrogen) atoms. The molecule has 3 aliphatic rings. The zero-order chi connectivity index (χ0) is 22.9. The molecule has 10 heteroatoms. The number of urea groups is 1. The van der Waals surface area contributed by atoms with Crippen molar-refractivity contribution in [3.8, 4) is 5.75 Å². The summed E-state index contributed by atoms with van der Waals surface area (Å²) in [5.74, 6) is -0.706. The summed E-state index contributed by atoms with van der Waals surface area (Å²) < 4.78 is 25.9. The summed E-state index contributed by atoms with van der Waals surface area (Å²) >= 11 is 0. The number of fused-ring (bicyclic) bond motifs is 4. The van der Waals surface area contributed by atoms with E-state index in [9.17, 15) is 19.1 Å². The van der Waals surface area contributed by atoms with Crippen LogP contribution in [0.1, 0.15) is 39.0 Å². The topological polar surface area (TPSA) is 116 Å². The number of aliphatic hydroxyl groups excluding tert-OH is 1. The van der Waals surface area contributed by atoms with Crippen molar-refractivity contribution in [3.63, 3.8) is 0 Å². The SMILES string of the molecule is COc1ccc2c(c1F)C(=O)N(CC1(c3cc4c5c(ccc4o3)CNC5O)CNC(=O)N1)C2. The van der Waals surface area contributed by atoms with E-state index >= 15 is 0 Å². The summed E-state index contributed by atoms with van der Waals surface area (Å²) in [6.07, 6.45) is -0.811. The molecule has 6 rings (SSSR count). The van der Waals surface area contributed by atoms with E-state index < -0.39 is 23.5 Å². The second-order valence-electron chi connectivity index (χ2n) is 8.61. The zero-order valence-electron chi connectivity index (χ0n) is 17.7. The largest absolute Gasteiger partial charge is 0.494 e. The number of nitrogens with one attached hydrogen (secondary N) is 3. The molecule has 1 saturated heterocycles. The van der Waals surface area contributed by atoms with Crippen LogP contribution in [0.5, 0.6) is 5.75 Å². The number of halogens is 1. The van der Waals surface area contributed by atoms with Gasteiger partial charge in [0.15, 0.2) is 11.6 Å². The highest BCUT2D eigenvalue weighted by molar-refractivity contribution is 5.99. The number of rotatable bonds is 4. The van der Waals surface area contributed by atoms with Gasteiger partial charge >= 0.3 is 6.03 Å². The highest BCUT2D eigenvalue weighted by Gasteiger charge is 2.47. The van der Waals surface area contributed by atoms with E-state index in [2.05, 4.69) is 16.0 Å². The Morgan fingerprint density at radius 2 is 2.09 bits per heavy atom. The number of carbonyl (C=O) groups is 2. The fourth-order valence-corrected chi connectivity index (χ4v) is 5.07. The number of hydrogen-bond donors (Lipinski definition) is 4. The van der Waals surface area contributed by atoms with Crippen molar-refractivity contribution >= 4 is 22.9 Å². The first-order valence-corrected chi connectivity index (χ1v) is 10.6. The Bertz CT molecular complexity index is 1340. The molecule has 2 atom stereocenters. The normalized spacial score (nSPS) is 23.6. The monoisotopic (exact) mass is 452 g/mol. The van der Waals surface area contributed by atoms with Crippen molar-refractivity contribution in [2.24, 2.45) is 0 Å². The van der Waals surface area contributed by atoms with Gasteiger partial charge in [-0.25, -0.2) is 9.18 Å². The summed E-state index contributed by atoms with van der Waals surface area (Å²) in [5.41, 5.74) is 1.77. The van der Waals surface area contributed by atoms with Crippen LogP contribution < -0.4 is 20.7 Å². The minimum absolute atomic E-state index is 0.00723. The van der Waals surface area contributed by atoms with Crippen LogP contribution in [0.15, 0.2) is 34.7 Å². The maximum atomic E-state index is 14.8. The molecule has 1 fully saturated rings. The summed E-state index contributed by atoms with van der Waals surface area (Å²) in [4.78, 5) is 26.8. The third-order valence-corrected chi connectivity index (χ3v) is 6.70. The van der Waals surface area contributed by atoms with Crippen LogP contribution in [-0.2, 0) is 18.6 Å². The summed E-state index contributed by atoms with van der Waals surface area (Å²) in [6, 6.07) is 8.30. The van der Waals surface area contributed by atoms with E-state index in [-0.39, 0.29) is 37.0 Å². The number of hydrogen-bond acceptors (Lipinski definition) is 6. The van der Waals surface area contributed by atoms with Gasteiger partial charge in [0.1, 0.15) is 23.1 Å². The van der Waals surface area contributed by atoms with Gasteiger partial charge in [-0.2, -0.15) is 0 Å². The molecule has 9 nitrogen and oxygen atoms in total. The Morgan fingerprint density at radius 3 is 2.85 bits per heavy atom. The second-order valence-corrected chi connectivity index (χ2v) is 8.61. The minimum atomic E-state index is -1.06. The first-order chi connectivity index (χ1) is 15.9. The van der Waals surface area contributed by atoms with E-state index in [1.54, 1.807) is 12.1 Å². The molecule has 0 saturated carbocycles. The third-order valence-electron chi connectivity index (χ3n) is 6.70. The summed E-state index contributed by atoms with van der Waals surface area (Å²) in [5, 5.41) is 19.7. The summed E-state index contributed by atoms with van der Waals surface area (Å²) in [6.45, 7) is 1.00. The van der Waals surface area contributed by atoms with Crippen LogP contribution in [0.2, 0.25) is 0 Å². The van der Waals surface area contributed by atoms with Crippen molar-refractivity contribution in [1.29, 1.82) is 0 Å². The lowest BCUT2D eigenvalue weighted by Crippen LogP contribution is -2.50. The number of ether oxygens (including phenoxy) is 1. The third kappa shape index (κ3) is 2.84. The highest BCUT2D eigenvalue weighted by atomic mass is 19.1. The molecule has 4 N–H and O–H groups in total. The lowest BCUT2D eigenvalue weighted by atomic mass is 9.95. The molecule has 2 unspecified atom stereocenters. The predicted molar refractivity (Wildman–Crippen MR) is 114 cm³/mol. The number of amides is 3. The number of furan rings is 1. The Kier molecular flexibility index (Phi) is 4.20. The highest BCUT2D eigenvalue weighted by Crippen LogP contribution is 2.38. The minimum Gasteiger partial charge on any atom is -0.494 e. The predicted octanol–water partition coefficient (Wildman–Crippen LogP) is 1.84. The quantitative estimate of drug-likeness (QED) is 0.480. The van der Waals surface area contributed by atoms with Crippen LogP contribution >= 0.6 is 0 Å². The van der Waals surface area contributed by atoms with Crippen molar-refractivity contribution in [3.05, 3.63) is 64.2 Å². The van der Waals surface area contributed by atoms with Crippen LogP contribution in [0.3, 0.4) is 0 Å². The molecule has 0 spiro atoms. The lowest BCUT2D eigenvalue weighted by Gasteiger charge is -2.30. The Morgan fingerprint density at radius 1 is 1.27 bits per heavy atom. The fourth-order valence-electron chi connectivity index (χ4n) is 5.07. The van der Waals surface area contributed by atoms with Gasteiger partial charge in [0.05, 0.1) is 25.8 Å². The molecule has 1 aromatic heterocycles. The van der Waals surface area contributed by atoms with Gasteiger partial charge in [-0.15, -0.1) is 0 Å². The number of nitrogens with zero attached hydrogens (tertiary/aromatic N) is 1. The molecule has 3 amide bonds. The molecule has 0 radical (unpaired) electrons. The van der Waals surface area contributed by atoms with Crippen LogP contribution in [-0.4, -0.2) is 42.1 Å². The average molecular weight is 452 g/mol. The van der Waals surface area contributed by atoms with Gasteiger partial charge in [0, 0.05) is 24.0 Å². The van der Waals surface area contributed by atoms with Crippen molar-refractivity contribution in [2.45, 2.75) is 24.9 Å². The molecular weight excluding hydrogens is 431 g/mol. The zero-order valence-corrected chi connectivity index (χ0v) is 17.7. The van der Waals surface area contributed by atoms with Crippen molar-refractivity contribution in [1.82, 2.24) is 20.9 Å². The number of methoxy groups -OCH3 is 1. The second kappa shape index (κ2) is 6.93. The van der Waals surface area contributed by atoms with E-state index in [0.717, 1.165) is 16.5 Å². The smallest absolute Gasteiger partial charge is 0.315 e. The van der Waals surface area contributed by atoms with Crippen LogP contribution in [0.4, 0.5) is 9.18 Å². The number of carbonyl (C=O) groups excluding carboxylic acids is 2. The standard InChI is InChI=1S/C23H21FN4O5/c1-32-15-5-3-12-8-28(21(30)18(12)19(15)24)10-23(9-26-22(31)27-23)16-6-13-14(33-16)4-2-11-7-25-20(29)17(11)13/h2-6,20,25,29H,7-10H2,1H3,(H2,26,27,31). The van der Waals surface area contributed by atoms with Crippen molar-refractivity contribution in [2.75, 3.05) is 20.2 Å². The number of benzene rings is 2. The molecule has 0 aliphatic carbocycles. The molecule has 0 bridgehead atoms. The fraction of sp³-hybridized carbons (Fsp3) is 0.304. The maximum absolute atomic E-state index is 14.8. The first-order valence-electron chi connectivity index (χ1n) is 10.6. The Labute approximate surface area is 187 Å². The molecule has 4 heterocycles. The summed E-state index contributed by atoms with van der Waals surface area (Å²) in [7, 11) is 1.35. The van der Waals surface area contributed by atoms with Crippen molar-refractivity contribution < 1.29 is 28.2 Å². The Balaban J connectivity index is 1.40. The van der Waals surface area contributed by atoms with Crippen LogP contribution in [0, 0.1) is 5.82 Å². The van der Waals surface area contributed by atoms with Gasteiger partial charge in [0.2, 0.25) is 0 Å². The van der Waals surface area contributed by atoms with Gasteiger partial charge in [0.25, 0.3) is 5.91 Å². The van der Waals surface area contributed by atoms with Gasteiger partial charge in [-0.3, -0.25) is 10.1 Å². The number of aliphatic hydroxyl groups is 1. The maximum Gasteiger partial charge on any atom is 0.315 e. The molecule has 3 aliphatic heterocycles. The molecular formula is C23H21FN4O5. The van der Waals surface area contributed by atoms with Crippen LogP contribution in [0.25, 0.3) is 11.0 Å². The average Bonchev–Trinajstić information content (AvgIpc) is 3.55. The van der Waals surface area contributed by atoms with E-state index in [1.165, 1.54) is 18.1 Å². The van der Waals surface area contributed by atoms with E-state index in [1.807, 2.05) is 12.1 Å².